The smallest absolute Gasteiger partial charge is 0.339 e. The van der Waals surface area contributed by atoms with E-state index < -0.39 is 11.5 Å². The van der Waals surface area contributed by atoms with Gasteiger partial charge in [-0.2, -0.15) is 0 Å². The summed E-state index contributed by atoms with van der Waals surface area (Å²) >= 11 is 6.25. The predicted molar refractivity (Wildman–Crippen MR) is 115 cm³/mol. The number of ether oxygens (including phenoxy) is 1. The molecule has 1 aliphatic heterocycles. The van der Waals surface area contributed by atoms with Gasteiger partial charge in [-0.1, -0.05) is 29.8 Å². The third-order valence-corrected chi connectivity index (χ3v) is 6.24. The van der Waals surface area contributed by atoms with Crippen molar-refractivity contribution in [3.8, 4) is 0 Å². The second kappa shape index (κ2) is 7.79. The van der Waals surface area contributed by atoms with E-state index in [4.69, 9.17) is 22.1 Å². The van der Waals surface area contributed by atoms with Crippen molar-refractivity contribution in [2.75, 3.05) is 16.4 Å². The fraction of sp³-hybridized carbons (Fsp3) is 0.286. The first kappa shape index (κ1) is 20.3. The van der Waals surface area contributed by atoms with Gasteiger partial charge in [0.25, 0.3) is 5.91 Å². The first-order valence-corrected chi connectivity index (χ1v) is 10.5. The van der Waals surface area contributed by atoms with Crippen LogP contribution in [0.4, 0.5) is 17.2 Å². The Hall–Kier alpha value is -3.66. The Balaban J connectivity index is 1.31. The molecular formula is C21H19ClN6O4. The Bertz CT molecular complexity index is 1200. The molecule has 1 aromatic carbocycles. The highest BCUT2D eigenvalue weighted by Crippen LogP contribution is 2.47. The molecule has 0 saturated heterocycles. The first-order valence-electron chi connectivity index (χ1n) is 10.1. The number of amides is 1. The van der Waals surface area contributed by atoms with Gasteiger partial charge in [0.2, 0.25) is 11.5 Å². The molecule has 4 N–H and O–H groups in total. The van der Waals surface area contributed by atoms with E-state index in [0.717, 1.165) is 18.4 Å². The summed E-state index contributed by atoms with van der Waals surface area (Å²) in [7, 11) is 0. The number of nitrogens with zero attached hydrogens (tertiary/aromatic N) is 3. The van der Waals surface area contributed by atoms with Crippen LogP contribution in [0, 0.1) is 0 Å². The van der Waals surface area contributed by atoms with Crippen LogP contribution in [-0.4, -0.2) is 33.2 Å². The number of anilines is 3. The highest BCUT2D eigenvalue weighted by molar-refractivity contribution is 6.33. The van der Waals surface area contributed by atoms with Gasteiger partial charge in [-0.05, 0) is 48.1 Å². The largest absolute Gasteiger partial charge is 0.451 e. The van der Waals surface area contributed by atoms with Crippen molar-refractivity contribution in [2.45, 2.75) is 37.3 Å². The number of carbonyl (C=O) groups is 2. The molecule has 164 valence electrons. The van der Waals surface area contributed by atoms with Gasteiger partial charge >= 0.3 is 5.97 Å². The quantitative estimate of drug-likeness (QED) is 0.398. The van der Waals surface area contributed by atoms with Crippen LogP contribution in [0.15, 0.2) is 41.2 Å². The molecule has 1 saturated carbocycles. The predicted octanol–water partition coefficient (Wildman–Crippen LogP) is 3.37. The van der Waals surface area contributed by atoms with Crippen molar-refractivity contribution in [2.24, 2.45) is 0 Å². The number of pyridine rings is 1. The van der Waals surface area contributed by atoms with E-state index in [1.165, 1.54) is 0 Å². The monoisotopic (exact) mass is 454 g/mol. The third-order valence-electron chi connectivity index (χ3n) is 5.95. The van der Waals surface area contributed by atoms with Crippen LogP contribution in [-0.2, 0) is 10.3 Å². The van der Waals surface area contributed by atoms with Gasteiger partial charge in [0.05, 0.1) is 11.3 Å². The Morgan fingerprint density at radius 1 is 1.19 bits per heavy atom. The van der Waals surface area contributed by atoms with Crippen LogP contribution in [0.3, 0.4) is 0 Å². The van der Waals surface area contributed by atoms with E-state index in [2.05, 4.69) is 30.6 Å². The summed E-state index contributed by atoms with van der Waals surface area (Å²) in [6.45, 7) is 0. The van der Waals surface area contributed by atoms with Crippen molar-refractivity contribution < 1.29 is 19.0 Å². The number of nitrogens with one attached hydrogen (secondary N) is 2. The number of benzene rings is 1. The highest BCUT2D eigenvalue weighted by Gasteiger charge is 2.47. The molecule has 0 bridgehead atoms. The molecule has 1 fully saturated rings. The van der Waals surface area contributed by atoms with E-state index in [1.807, 2.05) is 24.3 Å². The molecule has 3 aromatic rings. The number of fused-ring (bicyclic) bond motifs is 2. The Morgan fingerprint density at radius 3 is 2.72 bits per heavy atom. The third kappa shape index (κ3) is 3.42. The molecule has 32 heavy (non-hydrogen) atoms. The van der Waals surface area contributed by atoms with Crippen LogP contribution in [0.2, 0.25) is 5.15 Å². The SMILES string of the molecule is Nc1nonc1C(=O)Nc1c(NC2CCC3(CC2)OC(=O)c2ccccc23)ccnc1Cl. The fourth-order valence-corrected chi connectivity index (χ4v) is 4.57. The Kier molecular flexibility index (Phi) is 4.93. The normalized spacial score (nSPS) is 21.8. The second-order valence-corrected chi connectivity index (χ2v) is 8.18. The zero-order chi connectivity index (χ0) is 22.3. The van der Waals surface area contributed by atoms with Crippen molar-refractivity contribution in [3.63, 3.8) is 0 Å². The van der Waals surface area contributed by atoms with Crippen molar-refractivity contribution >= 4 is 40.7 Å². The molecule has 5 rings (SSSR count). The summed E-state index contributed by atoms with van der Waals surface area (Å²) in [6, 6.07) is 9.35. The van der Waals surface area contributed by atoms with Crippen LogP contribution in [0.1, 0.15) is 52.1 Å². The molecule has 0 unspecified atom stereocenters. The van der Waals surface area contributed by atoms with Gasteiger partial charge in [-0.15, -0.1) is 0 Å². The average molecular weight is 455 g/mol. The minimum atomic E-state index is -0.612. The van der Waals surface area contributed by atoms with Crippen molar-refractivity contribution in [3.05, 3.63) is 58.5 Å². The minimum Gasteiger partial charge on any atom is -0.451 e. The minimum absolute atomic E-state index is 0.0833. The molecule has 0 radical (unpaired) electrons. The number of rotatable bonds is 4. The maximum atomic E-state index is 12.5. The van der Waals surface area contributed by atoms with E-state index in [-0.39, 0.29) is 28.7 Å². The number of aromatic nitrogens is 3. The lowest BCUT2D eigenvalue weighted by Gasteiger charge is -2.37. The van der Waals surface area contributed by atoms with E-state index in [9.17, 15) is 9.59 Å². The van der Waals surface area contributed by atoms with E-state index in [1.54, 1.807) is 12.3 Å². The summed E-state index contributed by atoms with van der Waals surface area (Å²) in [5.41, 5.74) is 7.40. The molecule has 3 heterocycles. The molecule has 10 nitrogen and oxygen atoms in total. The number of nitrogens with two attached hydrogens (primary N) is 1. The molecule has 11 heteroatoms. The molecule has 0 atom stereocenters. The van der Waals surface area contributed by atoms with Crippen LogP contribution in [0.25, 0.3) is 0 Å². The molecule has 1 spiro atoms. The first-order chi connectivity index (χ1) is 15.5. The van der Waals surface area contributed by atoms with Crippen LogP contribution < -0.4 is 16.4 Å². The lowest BCUT2D eigenvalue weighted by molar-refractivity contribution is -0.0295. The number of carbonyl (C=O) groups excluding carboxylic acids is 2. The number of hydrogen-bond acceptors (Lipinski definition) is 9. The zero-order valence-electron chi connectivity index (χ0n) is 16.8. The molecule has 1 aliphatic carbocycles. The number of halogens is 1. The zero-order valence-corrected chi connectivity index (χ0v) is 17.6. The van der Waals surface area contributed by atoms with Crippen molar-refractivity contribution in [1.29, 1.82) is 0 Å². The maximum absolute atomic E-state index is 12.5. The molecular weight excluding hydrogens is 436 g/mol. The van der Waals surface area contributed by atoms with Gasteiger partial charge in [0, 0.05) is 17.8 Å². The topological polar surface area (TPSA) is 145 Å². The number of hydrogen-bond donors (Lipinski definition) is 3. The summed E-state index contributed by atoms with van der Waals surface area (Å²) in [4.78, 5) is 28.8. The summed E-state index contributed by atoms with van der Waals surface area (Å²) in [5, 5.41) is 13.1. The highest BCUT2D eigenvalue weighted by atomic mass is 35.5. The number of nitrogen functional groups attached to an aromatic ring is 1. The van der Waals surface area contributed by atoms with Gasteiger partial charge in [-0.25, -0.2) is 14.4 Å². The van der Waals surface area contributed by atoms with Crippen LogP contribution in [0.5, 0.6) is 0 Å². The second-order valence-electron chi connectivity index (χ2n) is 7.82. The van der Waals surface area contributed by atoms with Gasteiger partial charge in [0.1, 0.15) is 11.3 Å². The Labute approximate surface area is 187 Å². The lowest BCUT2D eigenvalue weighted by atomic mass is 9.77. The summed E-state index contributed by atoms with van der Waals surface area (Å²) in [5.74, 6) is -1.00. The van der Waals surface area contributed by atoms with Crippen molar-refractivity contribution in [1.82, 2.24) is 15.3 Å². The molecule has 1 amide bonds. The van der Waals surface area contributed by atoms with Gasteiger partial charge in [0.15, 0.2) is 5.15 Å². The molecule has 2 aliphatic rings. The number of esters is 1. The molecule has 2 aromatic heterocycles. The summed E-state index contributed by atoms with van der Waals surface area (Å²) in [6.07, 6.45) is 4.44. The summed E-state index contributed by atoms with van der Waals surface area (Å²) < 4.78 is 10.3. The van der Waals surface area contributed by atoms with E-state index in [0.29, 0.717) is 29.8 Å². The van der Waals surface area contributed by atoms with Gasteiger partial charge in [-0.3, -0.25) is 4.79 Å². The van der Waals surface area contributed by atoms with Crippen LogP contribution >= 0.6 is 11.6 Å². The average Bonchev–Trinajstić information content (AvgIpc) is 3.34. The van der Waals surface area contributed by atoms with E-state index >= 15 is 0 Å². The lowest BCUT2D eigenvalue weighted by Crippen LogP contribution is -2.36. The standard InChI is InChI=1S/C21H19ClN6O4/c22-17-15(26-19(29)16-18(23)28-32-27-16)14(7-10-24-17)25-11-5-8-21(9-6-11)13-4-2-1-3-12(13)20(30)31-21/h1-4,7,10-11H,5-6,8-9H2,(H2,23,28)(H,24,25)(H,26,29). The fourth-order valence-electron chi connectivity index (χ4n) is 4.37. The van der Waals surface area contributed by atoms with Gasteiger partial charge < -0.3 is 21.1 Å². The Morgan fingerprint density at radius 2 is 1.97 bits per heavy atom. The maximum Gasteiger partial charge on any atom is 0.339 e.